The molecule has 0 N–H and O–H groups in total. The van der Waals surface area contributed by atoms with E-state index in [4.69, 9.17) is 19.4 Å². The molecule has 0 unspecified atom stereocenters. The van der Waals surface area contributed by atoms with Gasteiger partial charge in [-0.25, -0.2) is 15.0 Å². The van der Waals surface area contributed by atoms with Gasteiger partial charge in [-0.15, -0.1) is 0 Å². The fourth-order valence-corrected chi connectivity index (χ4v) is 6.16. The lowest BCUT2D eigenvalue weighted by Gasteiger charge is -2.10. The number of nitrogens with zero attached hydrogens (tertiary/aromatic N) is 3. The van der Waals surface area contributed by atoms with Gasteiger partial charge < -0.3 is 4.42 Å². The molecule has 0 fully saturated rings. The summed E-state index contributed by atoms with van der Waals surface area (Å²) < 4.78 is 6.15. The molecule has 0 saturated carbocycles. The lowest BCUT2D eigenvalue weighted by molar-refractivity contribution is 0.620. The van der Waals surface area contributed by atoms with Crippen molar-refractivity contribution >= 4 is 21.9 Å². The van der Waals surface area contributed by atoms with Crippen LogP contribution in [0.1, 0.15) is 12.6 Å². The van der Waals surface area contributed by atoms with Crippen molar-refractivity contribution in [1.29, 1.82) is 0 Å². The summed E-state index contributed by atoms with van der Waals surface area (Å²) in [4.78, 5) is 15.0. The molecule has 0 atom stereocenters. The maximum Gasteiger partial charge on any atom is 0.227 e. The van der Waals surface area contributed by atoms with Gasteiger partial charge in [-0.05, 0) is 70.8 Å². The smallest absolute Gasteiger partial charge is 0.227 e. The van der Waals surface area contributed by atoms with E-state index in [1.54, 1.807) is 0 Å². The second-order valence-electron chi connectivity index (χ2n) is 12.0. The van der Waals surface area contributed by atoms with Crippen molar-refractivity contribution in [2.24, 2.45) is 0 Å². The topological polar surface area (TPSA) is 51.8 Å². The number of rotatable bonds is 8. The van der Waals surface area contributed by atoms with Crippen LogP contribution < -0.4 is 0 Å². The number of hydrogen-bond donors (Lipinski definition) is 0. The standard InChI is InChI=1S/C45H33N3O/c1-2-3-4-11-17-39-30-41(47-44(46-39)33-22-20-32(21-23-33)31-13-7-5-8-14-31)38-27-25-35-28-37(26-24-36(35)29-38)40-18-12-19-42-43(40)48-45(49-42)34-15-9-6-10-16-34/h2-16,18-30H,17H2,1H3/b3-2-,11-4-. The minimum atomic E-state index is 0.626. The Morgan fingerprint density at radius 1 is 0.531 bits per heavy atom. The fourth-order valence-electron chi connectivity index (χ4n) is 6.16. The van der Waals surface area contributed by atoms with E-state index in [1.165, 1.54) is 11.1 Å². The molecule has 0 aliphatic rings. The maximum atomic E-state index is 6.15. The molecule has 4 nitrogen and oxygen atoms in total. The van der Waals surface area contributed by atoms with Gasteiger partial charge in [-0.1, -0.05) is 133 Å². The van der Waals surface area contributed by atoms with Crippen LogP contribution in [0.2, 0.25) is 0 Å². The van der Waals surface area contributed by atoms with Crippen LogP contribution in [0, 0.1) is 0 Å². The van der Waals surface area contributed by atoms with Crippen molar-refractivity contribution in [1.82, 2.24) is 15.0 Å². The zero-order valence-electron chi connectivity index (χ0n) is 27.1. The normalized spacial score (nSPS) is 11.7. The van der Waals surface area contributed by atoms with Crippen molar-refractivity contribution in [2.45, 2.75) is 13.3 Å². The number of aromatic nitrogens is 3. The molecule has 0 amide bonds. The van der Waals surface area contributed by atoms with Crippen molar-refractivity contribution in [3.8, 4) is 56.4 Å². The Labute approximate surface area is 285 Å². The van der Waals surface area contributed by atoms with Crippen LogP contribution >= 0.6 is 0 Å². The molecule has 234 valence electrons. The third-order valence-electron chi connectivity index (χ3n) is 8.68. The molecule has 6 aromatic carbocycles. The number of oxazole rings is 1. The van der Waals surface area contributed by atoms with Crippen LogP contribution in [-0.2, 0) is 6.42 Å². The molecule has 0 bridgehead atoms. The van der Waals surface area contributed by atoms with E-state index in [1.807, 2.05) is 67.6 Å². The van der Waals surface area contributed by atoms with E-state index in [0.29, 0.717) is 12.3 Å². The summed E-state index contributed by atoms with van der Waals surface area (Å²) in [5.41, 5.74) is 11.0. The Balaban J connectivity index is 1.14. The second-order valence-corrected chi connectivity index (χ2v) is 12.0. The minimum Gasteiger partial charge on any atom is -0.436 e. The summed E-state index contributed by atoms with van der Waals surface area (Å²) in [5.74, 6) is 1.35. The second kappa shape index (κ2) is 13.4. The zero-order chi connectivity index (χ0) is 33.0. The van der Waals surface area contributed by atoms with Gasteiger partial charge in [0.25, 0.3) is 0 Å². The van der Waals surface area contributed by atoms with Crippen molar-refractivity contribution in [2.75, 3.05) is 0 Å². The van der Waals surface area contributed by atoms with E-state index in [9.17, 15) is 0 Å². The molecule has 0 radical (unpaired) electrons. The van der Waals surface area contributed by atoms with Gasteiger partial charge in [-0.2, -0.15) is 0 Å². The predicted molar refractivity (Wildman–Crippen MR) is 202 cm³/mol. The number of fused-ring (bicyclic) bond motifs is 2. The number of hydrogen-bond acceptors (Lipinski definition) is 4. The number of para-hydroxylation sites is 1. The number of benzene rings is 6. The highest BCUT2D eigenvalue weighted by Crippen LogP contribution is 2.34. The third-order valence-corrected chi connectivity index (χ3v) is 8.68. The molecule has 49 heavy (non-hydrogen) atoms. The first-order valence-corrected chi connectivity index (χ1v) is 16.5. The molecule has 8 rings (SSSR count). The monoisotopic (exact) mass is 631 g/mol. The SMILES string of the molecule is C/C=C\C=C/Cc1cc(-c2ccc3cc(-c4cccc5oc(-c6ccccc6)nc45)ccc3c2)nc(-c2ccc(-c3ccccc3)cc2)n1. The Bertz CT molecular complexity index is 2460. The van der Waals surface area contributed by atoms with E-state index < -0.39 is 0 Å². The van der Waals surface area contributed by atoms with Crippen LogP contribution in [0.4, 0.5) is 0 Å². The van der Waals surface area contributed by atoms with Crippen LogP contribution in [0.3, 0.4) is 0 Å². The molecule has 4 heteroatoms. The van der Waals surface area contributed by atoms with E-state index in [2.05, 4.69) is 109 Å². The van der Waals surface area contributed by atoms with Gasteiger partial charge in [-0.3, -0.25) is 0 Å². The summed E-state index contributed by atoms with van der Waals surface area (Å²) in [5, 5.41) is 2.28. The Hall–Kier alpha value is -6.39. The van der Waals surface area contributed by atoms with Gasteiger partial charge in [0, 0.05) is 34.4 Å². The van der Waals surface area contributed by atoms with E-state index >= 15 is 0 Å². The van der Waals surface area contributed by atoms with Crippen LogP contribution in [0.5, 0.6) is 0 Å². The molecule has 0 saturated heterocycles. The Morgan fingerprint density at radius 2 is 1.18 bits per heavy atom. The highest BCUT2D eigenvalue weighted by molar-refractivity contribution is 5.96. The molecule has 0 spiro atoms. The third kappa shape index (κ3) is 6.32. The summed E-state index contributed by atoms with van der Waals surface area (Å²) in [6, 6.07) is 50.3. The highest BCUT2D eigenvalue weighted by atomic mass is 16.3. The summed E-state index contributed by atoms with van der Waals surface area (Å²) in [6.45, 7) is 2.02. The average Bonchev–Trinajstić information content (AvgIpc) is 3.62. The first-order valence-electron chi connectivity index (χ1n) is 16.5. The molecular weight excluding hydrogens is 599 g/mol. The molecule has 2 heterocycles. The minimum absolute atomic E-state index is 0.626. The van der Waals surface area contributed by atoms with Gasteiger partial charge in [0.2, 0.25) is 5.89 Å². The van der Waals surface area contributed by atoms with Crippen molar-refractivity contribution < 1.29 is 4.42 Å². The molecule has 0 aliphatic heterocycles. The fraction of sp³-hybridized carbons (Fsp3) is 0.0444. The quantitative estimate of drug-likeness (QED) is 0.157. The maximum absolute atomic E-state index is 6.15. The molecule has 2 aromatic heterocycles. The average molecular weight is 632 g/mol. The molecule has 0 aliphatic carbocycles. The molecule has 8 aromatic rings. The van der Waals surface area contributed by atoms with E-state index in [0.717, 1.165) is 66.9 Å². The number of allylic oxidation sites excluding steroid dienone is 4. The van der Waals surface area contributed by atoms with Crippen LogP contribution in [-0.4, -0.2) is 15.0 Å². The Morgan fingerprint density at radius 3 is 1.94 bits per heavy atom. The van der Waals surface area contributed by atoms with Crippen molar-refractivity contribution in [3.05, 3.63) is 176 Å². The summed E-state index contributed by atoms with van der Waals surface area (Å²) >= 11 is 0. The van der Waals surface area contributed by atoms with Gasteiger partial charge in [0.05, 0.1) is 5.69 Å². The van der Waals surface area contributed by atoms with Crippen LogP contribution in [0.15, 0.2) is 174 Å². The van der Waals surface area contributed by atoms with Crippen LogP contribution in [0.25, 0.3) is 78.2 Å². The molecular formula is C45H33N3O. The zero-order valence-corrected chi connectivity index (χ0v) is 27.1. The lowest BCUT2D eigenvalue weighted by Crippen LogP contribution is -1.98. The lowest BCUT2D eigenvalue weighted by atomic mass is 9.98. The van der Waals surface area contributed by atoms with Crippen molar-refractivity contribution in [3.63, 3.8) is 0 Å². The van der Waals surface area contributed by atoms with Gasteiger partial charge in [0.15, 0.2) is 11.4 Å². The first-order chi connectivity index (χ1) is 24.2. The van der Waals surface area contributed by atoms with Gasteiger partial charge in [0.1, 0.15) is 5.52 Å². The van der Waals surface area contributed by atoms with E-state index in [-0.39, 0.29) is 0 Å². The Kier molecular flexibility index (Phi) is 8.19. The summed E-state index contributed by atoms with van der Waals surface area (Å²) in [6.07, 6.45) is 8.97. The predicted octanol–water partition coefficient (Wildman–Crippen LogP) is 11.8. The highest BCUT2D eigenvalue weighted by Gasteiger charge is 2.14. The largest absolute Gasteiger partial charge is 0.436 e. The van der Waals surface area contributed by atoms with Gasteiger partial charge >= 0.3 is 0 Å². The summed E-state index contributed by atoms with van der Waals surface area (Å²) in [7, 11) is 0. The first kappa shape index (κ1) is 30.0.